The van der Waals surface area contributed by atoms with Crippen molar-refractivity contribution in [3.8, 4) is 33.4 Å². The maximum atomic E-state index is 2.52. The Kier molecular flexibility index (Phi) is 6.60. The average Bonchev–Trinajstić information content (AvgIpc) is 3.44. The number of nitrogens with zero attached hydrogens (tertiary/aromatic N) is 1. The van der Waals surface area contributed by atoms with Crippen LogP contribution in [0.1, 0.15) is 25.0 Å². The van der Waals surface area contributed by atoms with Crippen molar-refractivity contribution in [3.05, 3.63) is 187 Å². The van der Waals surface area contributed by atoms with Gasteiger partial charge in [0.2, 0.25) is 0 Å². The quantitative estimate of drug-likeness (QED) is 0.170. The molecule has 0 N–H and O–H groups in total. The molecule has 1 aliphatic carbocycles. The molecule has 0 spiro atoms. The number of benzene rings is 9. The summed E-state index contributed by atoms with van der Waals surface area (Å²) in [5.41, 5.74) is 14.1. The van der Waals surface area contributed by atoms with Crippen molar-refractivity contribution in [2.24, 2.45) is 0 Å². The minimum Gasteiger partial charge on any atom is -0.307 e. The maximum Gasteiger partial charge on any atom is 0.0619 e. The fourth-order valence-electron chi connectivity index (χ4n) is 9.17. The summed E-state index contributed by atoms with van der Waals surface area (Å²) in [6, 6.07) is 65.6. The normalized spacial score (nSPS) is 13.9. The third-order valence-corrected chi connectivity index (χ3v) is 12.8. The summed E-state index contributed by atoms with van der Waals surface area (Å²) < 4.78 is 0. The first-order valence-corrected chi connectivity index (χ1v) is 19.3. The Hall–Kier alpha value is -6.09. The second-order valence-corrected chi connectivity index (χ2v) is 15.9. The van der Waals surface area contributed by atoms with E-state index in [-0.39, 0.29) is 5.41 Å². The summed E-state index contributed by atoms with van der Waals surface area (Å²) in [5.74, 6) is 0. The molecule has 1 heterocycles. The average molecular weight is 694 g/mol. The lowest BCUT2D eigenvalue weighted by Gasteiger charge is -2.35. The Labute approximate surface area is 314 Å². The topological polar surface area (TPSA) is 3.24 Å². The minimum absolute atomic E-state index is 0.0486. The van der Waals surface area contributed by atoms with E-state index in [1.165, 1.54) is 104 Å². The SMILES string of the molecule is CC1(C)c2ccccc2-c2cc(-c3c4ccccc4c(N4c5ccccc5Sc5ccccc54)c4ccc(-c5cccc6ccccc56)cc34)ccc21. The van der Waals surface area contributed by atoms with E-state index in [1.54, 1.807) is 0 Å². The Morgan fingerprint density at radius 2 is 1.00 bits per heavy atom. The molecule has 1 nitrogen and oxygen atoms in total. The first-order valence-electron chi connectivity index (χ1n) is 18.4. The van der Waals surface area contributed by atoms with Crippen LogP contribution in [0, 0.1) is 0 Å². The van der Waals surface area contributed by atoms with Gasteiger partial charge in [0.25, 0.3) is 0 Å². The number of rotatable bonds is 3. The van der Waals surface area contributed by atoms with Gasteiger partial charge in [-0.15, -0.1) is 0 Å². The van der Waals surface area contributed by atoms with Gasteiger partial charge >= 0.3 is 0 Å². The number of anilines is 3. The van der Waals surface area contributed by atoms with Crippen LogP contribution in [0.5, 0.6) is 0 Å². The highest BCUT2D eigenvalue weighted by Crippen LogP contribution is 2.56. The van der Waals surface area contributed by atoms with Crippen LogP contribution in [0.15, 0.2) is 186 Å². The molecule has 250 valence electrons. The van der Waals surface area contributed by atoms with E-state index in [1.807, 2.05) is 11.8 Å². The Balaban J connectivity index is 1.27. The zero-order valence-corrected chi connectivity index (χ0v) is 30.4. The molecule has 2 heteroatoms. The van der Waals surface area contributed by atoms with Crippen molar-refractivity contribution in [1.29, 1.82) is 0 Å². The number of fused-ring (bicyclic) bond motifs is 8. The molecule has 0 atom stereocenters. The van der Waals surface area contributed by atoms with Crippen LogP contribution < -0.4 is 4.90 Å². The molecule has 0 radical (unpaired) electrons. The molecule has 2 aliphatic rings. The van der Waals surface area contributed by atoms with E-state index in [4.69, 9.17) is 0 Å². The van der Waals surface area contributed by atoms with Gasteiger partial charge in [-0.2, -0.15) is 0 Å². The lowest BCUT2D eigenvalue weighted by atomic mass is 9.81. The van der Waals surface area contributed by atoms with Crippen LogP contribution in [-0.4, -0.2) is 0 Å². The predicted octanol–water partition coefficient (Wildman–Crippen LogP) is 14.7. The molecule has 1 aliphatic heterocycles. The molecule has 53 heavy (non-hydrogen) atoms. The van der Waals surface area contributed by atoms with E-state index >= 15 is 0 Å². The van der Waals surface area contributed by atoms with Gasteiger partial charge in [-0.25, -0.2) is 0 Å². The highest BCUT2D eigenvalue weighted by Gasteiger charge is 2.35. The Morgan fingerprint density at radius 3 is 1.81 bits per heavy atom. The van der Waals surface area contributed by atoms with Crippen molar-refractivity contribution in [3.63, 3.8) is 0 Å². The summed E-state index contributed by atoms with van der Waals surface area (Å²) in [4.78, 5) is 5.05. The molecule has 0 amide bonds. The highest BCUT2D eigenvalue weighted by atomic mass is 32.2. The molecule has 0 aromatic heterocycles. The second-order valence-electron chi connectivity index (χ2n) is 14.9. The lowest BCUT2D eigenvalue weighted by molar-refractivity contribution is 0.660. The van der Waals surface area contributed by atoms with Crippen LogP contribution in [0.4, 0.5) is 17.1 Å². The second kappa shape index (κ2) is 11.5. The van der Waals surface area contributed by atoms with Crippen LogP contribution in [0.3, 0.4) is 0 Å². The van der Waals surface area contributed by atoms with Gasteiger partial charge < -0.3 is 4.90 Å². The molecule has 0 saturated heterocycles. The number of hydrogen-bond donors (Lipinski definition) is 0. The molecule has 9 aromatic rings. The van der Waals surface area contributed by atoms with Crippen molar-refractivity contribution in [1.82, 2.24) is 0 Å². The predicted molar refractivity (Wildman–Crippen MR) is 226 cm³/mol. The van der Waals surface area contributed by atoms with Crippen molar-refractivity contribution >= 4 is 61.1 Å². The van der Waals surface area contributed by atoms with Gasteiger partial charge in [0.1, 0.15) is 0 Å². The first-order chi connectivity index (χ1) is 26.1. The van der Waals surface area contributed by atoms with E-state index in [0.717, 1.165) is 0 Å². The molecule has 9 aromatic carbocycles. The molecule has 11 rings (SSSR count). The van der Waals surface area contributed by atoms with E-state index in [2.05, 4.69) is 195 Å². The fraction of sp³-hybridized carbons (Fsp3) is 0.0588. The third-order valence-electron chi connectivity index (χ3n) is 11.6. The van der Waals surface area contributed by atoms with E-state index in [9.17, 15) is 0 Å². The van der Waals surface area contributed by atoms with Crippen LogP contribution in [-0.2, 0) is 5.41 Å². The summed E-state index contributed by atoms with van der Waals surface area (Å²) in [5, 5.41) is 7.50. The van der Waals surface area contributed by atoms with Gasteiger partial charge in [0.05, 0.1) is 17.1 Å². The third kappa shape index (κ3) is 4.46. The summed E-state index contributed by atoms with van der Waals surface area (Å²) in [7, 11) is 0. The summed E-state index contributed by atoms with van der Waals surface area (Å²) >= 11 is 1.86. The first kappa shape index (κ1) is 30.5. The molecule has 0 saturated carbocycles. The lowest BCUT2D eigenvalue weighted by Crippen LogP contribution is -2.16. The van der Waals surface area contributed by atoms with Gasteiger partial charge in [-0.05, 0) is 102 Å². The number of hydrogen-bond acceptors (Lipinski definition) is 2. The van der Waals surface area contributed by atoms with Crippen molar-refractivity contribution in [2.75, 3.05) is 4.90 Å². The van der Waals surface area contributed by atoms with E-state index < -0.39 is 0 Å². The van der Waals surface area contributed by atoms with Gasteiger partial charge in [0.15, 0.2) is 0 Å². The number of para-hydroxylation sites is 2. The Morgan fingerprint density at radius 1 is 0.415 bits per heavy atom. The monoisotopic (exact) mass is 693 g/mol. The molecular formula is C51H35NS. The molecular weight excluding hydrogens is 659 g/mol. The van der Waals surface area contributed by atoms with Gasteiger partial charge in [0, 0.05) is 26.0 Å². The summed E-state index contributed by atoms with van der Waals surface area (Å²) in [6.07, 6.45) is 0. The van der Waals surface area contributed by atoms with Crippen LogP contribution in [0.2, 0.25) is 0 Å². The van der Waals surface area contributed by atoms with Crippen LogP contribution >= 0.6 is 11.8 Å². The highest BCUT2D eigenvalue weighted by molar-refractivity contribution is 7.99. The molecule has 0 bridgehead atoms. The molecule has 0 fully saturated rings. The van der Waals surface area contributed by atoms with E-state index in [0.29, 0.717) is 0 Å². The standard InChI is InChI=1S/C51H35NS/c1-51(2)43-21-8-7-17-37(43)41-31-34(27-29-44(41)51)49-38-18-5-6-19-39(38)50(52-45-22-9-11-24-47(45)53-48-25-12-10-23-46(48)52)40-28-26-33(30-42(40)49)36-20-13-15-32-14-3-4-16-35(32)36/h3-31H,1-2H3. The van der Waals surface area contributed by atoms with Gasteiger partial charge in [-0.3, -0.25) is 0 Å². The maximum absolute atomic E-state index is 2.52. The molecule has 0 unspecified atom stereocenters. The fourth-order valence-corrected chi connectivity index (χ4v) is 10.2. The zero-order chi connectivity index (χ0) is 35.3. The minimum atomic E-state index is -0.0486. The summed E-state index contributed by atoms with van der Waals surface area (Å²) in [6.45, 7) is 4.72. The van der Waals surface area contributed by atoms with Crippen molar-refractivity contribution < 1.29 is 0 Å². The zero-order valence-electron chi connectivity index (χ0n) is 29.6. The smallest absolute Gasteiger partial charge is 0.0619 e. The van der Waals surface area contributed by atoms with Gasteiger partial charge in [-0.1, -0.05) is 165 Å². The largest absolute Gasteiger partial charge is 0.307 e. The van der Waals surface area contributed by atoms with Crippen molar-refractivity contribution in [2.45, 2.75) is 29.1 Å². The Bertz CT molecular complexity index is 2920. The van der Waals surface area contributed by atoms with Crippen LogP contribution in [0.25, 0.3) is 65.7 Å².